The van der Waals surface area contributed by atoms with E-state index in [9.17, 15) is 4.79 Å². The number of anilines is 1. The van der Waals surface area contributed by atoms with Crippen molar-refractivity contribution in [1.82, 2.24) is 4.98 Å². The second-order valence-electron chi connectivity index (χ2n) is 6.23. The normalized spacial score (nSPS) is 10.8. The number of nitrogens with zero attached hydrogens (tertiary/aromatic N) is 2. The molecule has 0 bridgehead atoms. The van der Waals surface area contributed by atoms with Crippen LogP contribution < -0.4 is 14.4 Å². The molecule has 0 N–H and O–H groups in total. The summed E-state index contributed by atoms with van der Waals surface area (Å²) >= 11 is 1.44. The molecule has 2 aromatic heterocycles. The third kappa shape index (κ3) is 3.95. The number of hydrogen-bond donors (Lipinski definition) is 0. The number of carbonyl (C=O) groups excluding carboxylic acids is 1. The van der Waals surface area contributed by atoms with Gasteiger partial charge in [-0.2, -0.15) is 0 Å². The van der Waals surface area contributed by atoms with Crippen LogP contribution in [0.1, 0.15) is 23.0 Å². The molecule has 1 amide bonds. The van der Waals surface area contributed by atoms with Crippen molar-refractivity contribution in [3.8, 4) is 11.5 Å². The smallest absolute Gasteiger partial charge is 0.260 e. The standard InChI is InChI=1S/C22H20N2O4S/c1-3-27-16-11-9-15(10-12-16)21(25)24(14-17-6-5-13-28-17)22-23-20-18(26-2)7-4-8-19(20)29-22/h4-13H,3,14H2,1-2H3. The molecule has 4 rings (SSSR count). The number of methoxy groups -OCH3 is 1. The summed E-state index contributed by atoms with van der Waals surface area (Å²) in [7, 11) is 1.61. The molecule has 29 heavy (non-hydrogen) atoms. The first kappa shape index (κ1) is 19.0. The summed E-state index contributed by atoms with van der Waals surface area (Å²) in [5.74, 6) is 1.92. The van der Waals surface area contributed by atoms with Gasteiger partial charge in [0.1, 0.15) is 22.8 Å². The van der Waals surface area contributed by atoms with E-state index in [4.69, 9.17) is 18.9 Å². The topological polar surface area (TPSA) is 64.8 Å². The average molecular weight is 408 g/mol. The van der Waals surface area contributed by atoms with E-state index < -0.39 is 0 Å². The number of carbonyl (C=O) groups is 1. The van der Waals surface area contributed by atoms with Gasteiger partial charge in [-0.05, 0) is 55.5 Å². The van der Waals surface area contributed by atoms with Crippen molar-refractivity contribution in [2.75, 3.05) is 18.6 Å². The summed E-state index contributed by atoms with van der Waals surface area (Å²) in [5.41, 5.74) is 1.28. The van der Waals surface area contributed by atoms with Gasteiger partial charge >= 0.3 is 0 Å². The largest absolute Gasteiger partial charge is 0.494 e. The monoisotopic (exact) mass is 408 g/mol. The van der Waals surface area contributed by atoms with Crippen LogP contribution in [0.3, 0.4) is 0 Å². The van der Waals surface area contributed by atoms with Crippen molar-refractivity contribution < 1.29 is 18.7 Å². The number of ether oxygens (including phenoxy) is 2. The fourth-order valence-electron chi connectivity index (χ4n) is 2.99. The van der Waals surface area contributed by atoms with Gasteiger partial charge in [-0.25, -0.2) is 4.98 Å². The Morgan fingerprint density at radius 3 is 2.66 bits per heavy atom. The molecule has 2 heterocycles. The van der Waals surface area contributed by atoms with Gasteiger partial charge in [-0.3, -0.25) is 9.69 Å². The molecule has 0 saturated heterocycles. The summed E-state index contributed by atoms with van der Waals surface area (Å²) in [5, 5.41) is 0.583. The summed E-state index contributed by atoms with van der Waals surface area (Å²) in [6.45, 7) is 2.78. The van der Waals surface area contributed by atoms with Gasteiger partial charge < -0.3 is 13.9 Å². The van der Waals surface area contributed by atoms with Crippen molar-refractivity contribution in [2.45, 2.75) is 13.5 Å². The minimum atomic E-state index is -0.164. The molecule has 0 saturated carbocycles. The van der Waals surface area contributed by atoms with Gasteiger partial charge in [0.2, 0.25) is 0 Å². The summed E-state index contributed by atoms with van der Waals surface area (Å²) < 4.78 is 17.3. The van der Waals surface area contributed by atoms with Crippen molar-refractivity contribution in [3.05, 3.63) is 72.2 Å². The maximum Gasteiger partial charge on any atom is 0.260 e. The van der Waals surface area contributed by atoms with Gasteiger partial charge in [0, 0.05) is 5.56 Å². The van der Waals surface area contributed by atoms with Crippen LogP contribution in [0.25, 0.3) is 10.2 Å². The highest BCUT2D eigenvalue weighted by atomic mass is 32.1. The van der Waals surface area contributed by atoms with Crippen molar-refractivity contribution in [1.29, 1.82) is 0 Å². The number of benzene rings is 2. The molecule has 0 fully saturated rings. The van der Waals surface area contributed by atoms with Gasteiger partial charge in [-0.1, -0.05) is 17.4 Å². The van der Waals surface area contributed by atoms with Crippen LogP contribution in [0.2, 0.25) is 0 Å². The lowest BCUT2D eigenvalue weighted by atomic mass is 10.2. The van der Waals surface area contributed by atoms with Crippen LogP contribution in [0.15, 0.2) is 65.3 Å². The highest BCUT2D eigenvalue weighted by Crippen LogP contribution is 2.35. The number of rotatable bonds is 7. The molecule has 7 heteroatoms. The van der Waals surface area contributed by atoms with Crippen LogP contribution >= 0.6 is 11.3 Å². The van der Waals surface area contributed by atoms with Gasteiger partial charge in [0.05, 0.1) is 31.2 Å². The average Bonchev–Trinajstić information content (AvgIpc) is 3.41. The molecule has 2 aromatic carbocycles. The Bertz CT molecular complexity index is 1100. The molecule has 0 spiro atoms. The Hall–Kier alpha value is -3.32. The highest BCUT2D eigenvalue weighted by molar-refractivity contribution is 7.22. The van der Waals surface area contributed by atoms with E-state index in [1.54, 1.807) is 48.6 Å². The second-order valence-corrected chi connectivity index (χ2v) is 7.24. The molecule has 6 nitrogen and oxygen atoms in total. The molecule has 0 aliphatic rings. The van der Waals surface area contributed by atoms with Gasteiger partial charge in [0.25, 0.3) is 5.91 Å². The Morgan fingerprint density at radius 2 is 1.97 bits per heavy atom. The Morgan fingerprint density at radius 1 is 1.14 bits per heavy atom. The lowest BCUT2D eigenvalue weighted by Crippen LogP contribution is -2.30. The fraction of sp³-hybridized carbons (Fsp3) is 0.182. The predicted octanol–water partition coefficient (Wildman–Crippen LogP) is 5.14. The third-order valence-electron chi connectivity index (χ3n) is 4.37. The second kappa shape index (κ2) is 8.36. The van der Waals surface area contributed by atoms with E-state index in [2.05, 4.69) is 0 Å². The zero-order chi connectivity index (χ0) is 20.2. The number of furan rings is 1. The number of aromatic nitrogens is 1. The van der Waals surface area contributed by atoms with Crippen LogP contribution in [-0.2, 0) is 6.54 Å². The zero-order valence-corrected chi connectivity index (χ0v) is 16.9. The van der Waals surface area contributed by atoms with Crippen LogP contribution in [0.5, 0.6) is 11.5 Å². The van der Waals surface area contributed by atoms with Crippen molar-refractivity contribution in [3.63, 3.8) is 0 Å². The van der Waals surface area contributed by atoms with E-state index in [1.165, 1.54) is 11.3 Å². The van der Waals surface area contributed by atoms with Gasteiger partial charge in [0.15, 0.2) is 5.13 Å². The summed E-state index contributed by atoms with van der Waals surface area (Å²) in [6, 6.07) is 16.5. The highest BCUT2D eigenvalue weighted by Gasteiger charge is 2.23. The fourth-order valence-corrected chi connectivity index (χ4v) is 3.97. The first-order valence-electron chi connectivity index (χ1n) is 9.20. The van der Waals surface area contributed by atoms with E-state index in [0.717, 1.165) is 16.0 Å². The maximum absolute atomic E-state index is 13.4. The SMILES string of the molecule is CCOc1ccc(C(=O)N(Cc2ccco2)c2nc3c(OC)cccc3s2)cc1. The Labute approximate surface area is 172 Å². The van der Waals surface area contributed by atoms with E-state index in [0.29, 0.717) is 28.8 Å². The Kier molecular flexibility index (Phi) is 5.48. The summed E-state index contributed by atoms with van der Waals surface area (Å²) in [4.78, 5) is 19.7. The molecular formula is C22H20N2O4S. The molecular weight excluding hydrogens is 388 g/mol. The van der Waals surface area contributed by atoms with Crippen molar-refractivity contribution in [2.24, 2.45) is 0 Å². The van der Waals surface area contributed by atoms with Gasteiger partial charge in [-0.15, -0.1) is 0 Å². The van der Waals surface area contributed by atoms with E-state index >= 15 is 0 Å². The number of thiazole rings is 1. The maximum atomic E-state index is 13.4. The lowest BCUT2D eigenvalue weighted by Gasteiger charge is -2.19. The first-order valence-corrected chi connectivity index (χ1v) is 10.0. The third-order valence-corrected chi connectivity index (χ3v) is 5.42. The number of para-hydroxylation sites is 1. The molecule has 0 atom stereocenters. The molecule has 0 aliphatic heterocycles. The summed E-state index contributed by atoms with van der Waals surface area (Å²) in [6.07, 6.45) is 1.59. The number of amides is 1. The predicted molar refractivity (Wildman–Crippen MR) is 113 cm³/mol. The van der Waals surface area contributed by atoms with E-state index in [1.807, 2.05) is 31.2 Å². The molecule has 148 valence electrons. The lowest BCUT2D eigenvalue weighted by molar-refractivity contribution is 0.0983. The molecule has 0 radical (unpaired) electrons. The zero-order valence-electron chi connectivity index (χ0n) is 16.1. The quantitative estimate of drug-likeness (QED) is 0.423. The van der Waals surface area contributed by atoms with Crippen molar-refractivity contribution >= 4 is 32.6 Å². The molecule has 0 unspecified atom stereocenters. The minimum absolute atomic E-state index is 0.164. The Balaban J connectivity index is 1.72. The van der Waals surface area contributed by atoms with Crippen LogP contribution in [-0.4, -0.2) is 24.6 Å². The first-order chi connectivity index (χ1) is 14.2. The van der Waals surface area contributed by atoms with E-state index in [-0.39, 0.29) is 12.5 Å². The number of fused-ring (bicyclic) bond motifs is 1. The van der Waals surface area contributed by atoms with Crippen LogP contribution in [0.4, 0.5) is 5.13 Å². The molecule has 4 aromatic rings. The molecule has 0 aliphatic carbocycles. The minimum Gasteiger partial charge on any atom is -0.494 e. The number of hydrogen-bond acceptors (Lipinski definition) is 6. The van der Waals surface area contributed by atoms with Crippen LogP contribution in [0, 0.1) is 0 Å².